The van der Waals surface area contributed by atoms with Gasteiger partial charge in [0.05, 0.1) is 16.9 Å². The molecule has 0 aliphatic carbocycles. The normalized spacial score (nSPS) is 15.6. The van der Waals surface area contributed by atoms with Crippen LogP contribution in [0, 0.1) is 12.8 Å². The number of benzene rings is 1. The van der Waals surface area contributed by atoms with Gasteiger partial charge in [0, 0.05) is 22.2 Å². The van der Waals surface area contributed by atoms with Gasteiger partial charge in [-0.1, -0.05) is 33.8 Å². The molecule has 0 amide bonds. The van der Waals surface area contributed by atoms with E-state index in [1.807, 2.05) is 0 Å². The lowest BCUT2D eigenvalue weighted by Crippen LogP contribution is -2.26. The van der Waals surface area contributed by atoms with Crippen LogP contribution < -0.4 is 5.32 Å². The summed E-state index contributed by atoms with van der Waals surface area (Å²) in [6, 6.07) is 14.0. The molecule has 5 rings (SSSR count). The monoisotopic (exact) mass is 428 g/mol. The number of aromatic amines is 1. The molecule has 1 aliphatic heterocycles. The van der Waals surface area contributed by atoms with Gasteiger partial charge in [-0.2, -0.15) is 5.10 Å². The maximum absolute atomic E-state index is 4.77. The van der Waals surface area contributed by atoms with Crippen molar-refractivity contribution in [2.24, 2.45) is 5.92 Å². The number of piperidine rings is 1. The number of H-pyrrole nitrogens is 1. The lowest BCUT2D eigenvalue weighted by Gasteiger charge is -2.23. The van der Waals surface area contributed by atoms with E-state index in [0.29, 0.717) is 17.8 Å². The average molecular weight is 429 g/mol. The molecule has 4 aromatic rings. The van der Waals surface area contributed by atoms with Gasteiger partial charge in [-0.3, -0.25) is 0 Å². The molecule has 0 unspecified atom stereocenters. The Bertz CT molecular complexity index is 1250. The van der Waals surface area contributed by atoms with Crippen LogP contribution in [0.15, 0.2) is 36.4 Å². The number of aryl methyl sites for hydroxylation is 1. The highest BCUT2D eigenvalue weighted by atomic mass is 15.2. The van der Waals surface area contributed by atoms with Crippen molar-refractivity contribution < 1.29 is 0 Å². The van der Waals surface area contributed by atoms with E-state index in [4.69, 9.17) is 5.10 Å². The van der Waals surface area contributed by atoms with Crippen molar-refractivity contribution in [3.05, 3.63) is 58.9 Å². The lowest BCUT2D eigenvalue weighted by atomic mass is 9.88. The van der Waals surface area contributed by atoms with Crippen molar-refractivity contribution >= 4 is 16.4 Å². The molecule has 0 bridgehead atoms. The number of hydrogen-bond donors (Lipinski definition) is 2. The first-order valence-corrected chi connectivity index (χ1v) is 12.3. The molecule has 0 saturated carbocycles. The predicted molar refractivity (Wildman–Crippen MR) is 135 cm³/mol. The van der Waals surface area contributed by atoms with Crippen molar-refractivity contribution in [3.8, 4) is 11.3 Å². The van der Waals surface area contributed by atoms with Crippen LogP contribution in [-0.4, -0.2) is 27.7 Å². The van der Waals surface area contributed by atoms with Gasteiger partial charge in [-0.25, -0.2) is 4.52 Å². The summed E-state index contributed by atoms with van der Waals surface area (Å²) in [6.45, 7) is 13.5. The molecular formula is C28H36N4. The number of rotatable bonds is 5. The van der Waals surface area contributed by atoms with Gasteiger partial charge in [0.15, 0.2) is 0 Å². The minimum absolute atomic E-state index is 0.443. The summed E-state index contributed by atoms with van der Waals surface area (Å²) in [7, 11) is 0. The van der Waals surface area contributed by atoms with E-state index in [2.05, 4.69) is 85.8 Å². The number of pyridine rings is 1. The molecule has 2 N–H and O–H groups in total. The molecule has 1 aromatic carbocycles. The molecular weight excluding hydrogens is 392 g/mol. The Morgan fingerprint density at radius 3 is 2.53 bits per heavy atom. The van der Waals surface area contributed by atoms with Crippen molar-refractivity contribution in [2.75, 3.05) is 13.1 Å². The Morgan fingerprint density at radius 2 is 1.81 bits per heavy atom. The summed E-state index contributed by atoms with van der Waals surface area (Å²) in [4.78, 5) is 3.80. The third-order valence-corrected chi connectivity index (χ3v) is 6.91. The zero-order chi connectivity index (χ0) is 22.4. The van der Waals surface area contributed by atoms with E-state index in [0.717, 1.165) is 25.2 Å². The van der Waals surface area contributed by atoms with Gasteiger partial charge in [0.1, 0.15) is 0 Å². The lowest BCUT2D eigenvalue weighted by molar-refractivity contribution is 0.460. The molecule has 0 atom stereocenters. The van der Waals surface area contributed by atoms with E-state index >= 15 is 0 Å². The molecule has 4 heteroatoms. The van der Waals surface area contributed by atoms with Gasteiger partial charge in [0.2, 0.25) is 0 Å². The van der Waals surface area contributed by atoms with Crippen molar-refractivity contribution in [1.29, 1.82) is 0 Å². The molecule has 4 nitrogen and oxygen atoms in total. The summed E-state index contributed by atoms with van der Waals surface area (Å²) < 4.78 is 2.13. The molecule has 1 aliphatic rings. The minimum atomic E-state index is 0.443. The number of nitrogens with one attached hydrogen (secondary N) is 2. The average Bonchev–Trinajstić information content (AvgIpc) is 3.33. The number of nitrogens with zero attached hydrogens (tertiary/aromatic N) is 2. The number of fused-ring (bicyclic) bond motifs is 2. The number of hydrogen-bond acceptors (Lipinski definition) is 2. The topological polar surface area (TPSA) is 45.1 Å². The van der Waals surface area contributed by atoms with Crippen molar-refractivity contribution in [2.45, 2.75) is 65.7 Å². The zero-order valence-corrected chi connectivity index (χ0v) is 20.1. The fourth-order valence-corrected chi connectivity index (χ4v) is 5.47. The van der Waals surface area contributed by atoms with Crippen LogP contribution in [0.3, 0.4) is 0 Å². The van der Waals surface area contributed by atoms with Crippen LogP contribution in [0.4, 0.5) is 0 Å². The molecule has 32 heavy (non-hydrogen) atoms. The summed E-state index contributed by atoms with van der Waals surface area (Å²) in [5.74, 6) is 1.69. The second kappa shape index (κ2) is 8.40. The van der Waals surface area contributed by atoms with Gasteiger partial charge in [0.25, 0.3) is 0 Å². The van der Waals surface area contributed by atoms with Gasteiger partial charge in [-0.15, -0.1) is 0 Å². The molecule has 1 saturated heterocycles. The third-order valence-electron chi connectivity index (χ3n) is 6.91. The highest BCUT2D eigenvalue weighted by Gasteiger charge is 2.21. The third kappa shape index (κ3) is 3.86. The Kier molecular flexibility index (Phi) is 5.58. The van der Waals surface area contributed by atoms with Gasteiger partial charge in [-0.05, 0) is 98.5 Å². The van der Waals surface area contributed by atoms with Gasteiger partial charge < -0.3 is 10.3 Å². The maximum atomic E-state index is 4.77. The van der Waals surface area contributed by atoms with Crippen LogP contribution in [-0.2, 0) is 6.42 Å². The SMILES string of the molecule is Cc1cc2cc(-c3[nH]c4ccc(C5CCNCC5)cc4c3C(C)C)cc(CC(C)C)n2n1. The Hall–Kier alpha value is -2.59. The van der Waals surface area contributed by atoms with Crippen molar-refractivity contribution in [1.82, 2.24) is 19.9 Å². The minimum Gasteiger partial charge on any atom is -0.354 e. The van der Waals surface area contributed by atoms with Crippen LogP contribution >= 0.6 is 0 Å². The first-order chi connectivity index (χ1) is 15.4. The van der Waals surface area contributed by atoms with Crippen LogP contribution in [0.25, 0.3) is 27.7 Å². The second-order valence-electron chi connectivity index (χ2n) is 10.4. The van der Waals surface area contributed by atoms with Crippen LogP contribution in [0.1, 0.15) is 74.9 Å². The fraction of sp³-hybridized carbons (Fsp3) is 0.464. The van der Waals surface area contributed by atoms with E-state index in [-0.39, 0.29) is 0 Å². The van der Waals surface area contributed by atoms with E-state index in [9.17, 15) is 0 Å². The predicted octanol–water partition coefficient (Wildman–Crippen LogP) is 6.58. The first kappa shape index (κ1) is 21.3. The first-order valence-electron chi connectivity index (χ1n) is 12.3. The molecule has 0 spiro atoms. The number of aromatic nitrogens is 3. The summed E-state index contributed by atoms with van der Waals surface area (Å²) >= 11 is 0. The Balaban J connectivity index is 1.68. The highest BCUT2D eigenvalue weighted by Crippen LogP contribution is 2.38. The molecule has 0 radical (unpaired) electrons. The molecule has 4 heterocycles. The van der Waals surface area contributed by atoms with E-state index < -0.39 is 0 Å². The largest absolute Gasteiger partial charge is 0.354 e. The molecule has 3 aromatic heterocycles. The summed E-state index contributed by atoms with van der Waals surface area (Å²) in [5.41, 5.74) is 10.3. The summed E-state index contributed by atoms with van der Waals surface area (Å²) in [5, 5.41) is 9.65. The molecule has 1 fully saturated rings. The Morgan fingerprint density at radius 1 is 1.03 bits per heavy atom. The maximum Gasteiger partial charge on any atom is 0.0674 e. The van der Waals surface area contributed by atoms with Crippen LogP contribution in [0.2, 0.25) is 0 Å². The fourth-order valence-electron chi connectivity index (χ4n) is 5.47. The van der Waals surface area contributed by atoms with E-state index in [1.54, 1.807) is 0 Å². The van der Waals surface area contributed by atoms with Crippen LogP contribution in [0.5, 0.6) is 0 Å². The van der Waals surface area contributed by atoms with Crippen molar-refractivity contribution in [3.63, 3.8) is 0 Å². The Labute approximate surface area is 191 Å². The summed E-state index contributed by atoms with van der Waals surface area (Å²) in [6.07, 6.45) is 3.48. The van der Waals surface area contributed by atoms with E-state index in [1.165, 1.54) is 57.3 Å². The smallest absolute Gasteiger partial charge is 0.0674 e. The van der Waals surface area contributed by atoms with Gasteiger partial charge >= 0.3 is 0 Å². The second-order valence-corrected chi connectivity index (χ2v) is 10.4. The zero-order valence-electron chi connectivity index (χ0n) is 20.1. The highest BCUT2D eigenvalue weighted by molar-refractivity contribution is 5.92. The standard InChI is InChI=1S/C28H36N4/c1-17(2)12-23-14-22(15-24-13-19(5)31-32(23)24)28-27(18(3)4)25-16-21(6-7-26(25)30-28)20-8-10-29-11-9-20/h6-7,13-18,20,29-30H,8-12H2,1-5H3. The quantitative estimate of drug-likeness (QED) is 0.377. The molecule has 168 valence electrons.